The van der Waals surface area contributed by atoms with Gasteiger partial charge in [-0.25, -0.2) is 4.98 Å². The molecule has 0 saturated carbocycles. The van der Waals surface area contributed by atoms with E-state index in [-0.39, 0.29) is 5.91 Å². The third kappa shape index (κ3) is 6.04. The van der Waals surface area contributed by atoms with Crippen LogP contribution in [0.5, 0.6) is 0 Å². The summed E-state index contributed by atoms with van der Waals surface area (Å²) in [5.41, 5.74) is 3.09. The maximum atomic E-state index is 12.2. The van der Waals surface area contributed by atoms with Crippen LogP contribution in [0.4, 0.5) is 10.8 Å². The van der Waals surface area contributed by atoms with Crippen LogP contribution in [0.25, 0.3) is 0 Å². The van der Waals surface area contributed by atoms with Gasteiger partial charge in [-0.2, -0.15) is 0 Å². The Morgan fingerprint density at radius 2 is 1.72 bits per heavy atom. The van der Waals surface area contributed by atoms with Crippen molar-refractivity contribution >= 4 is 28.1 Å². The Hall–Kier alpha value is -3.45. The molecule has 1 N–H and O–H groups in total. The number of nitrogens with zero attached hydrogens (tertiary/aromatic N) is 4. The standard InChI is InChI=1S/C14H12N4OS.C11H15N/c19-13(17-14-16-7-9-20-14)12-2-1-8-18(12)10-11-3-5-15-6-4-11;1-3-7-11(8-4-1)12-9-5-2-6-10-12/h1-9H,10H2,(H,16,17,19);1,3-4,7-8H,2,5-6,9-10H2. The van der Waals surface area contributed by atoms with Crippen molar-refractivity contribution in [2.75, 3.05) is 23.3 Å². The van der Waals surface area contributed by atoms with E-state index in [2.05, 4.69) is 50.5 Å². The number of benzene rings is 1. The number of pyridine rings is 1. The molecule has 0 unspecified atom stereocenters. The Bertz CT molecular complexity index is 1070. The quantitative estimate of drug-likeness (QED) is 0.452. The molecule has 0 spiro atoms. The number of carbonyl (C=O) groups excluding carboxylic acids is 1. The number of hydrogen-bond acceptors (Lipinski definition) is 5. The molecule has 4 heterocycles. The SMILES string of the molecule is O=C(Nc1nccs1)c1cccn1Cc1ccncc1.c1ccc(N2CCCCC2)cc1. The van der Waals surface area contributed by atoms with Gasteiger partial charge in [0.2, 0.25) is 0 Å². The van der Waals surface area contributed by atoms with Crippen molar-refractivity contribution in [1.82, 2.24) is 14.5 Å². The van der Waals surface area contributed by atoms with Crippen molar-refractivity contribution in [3.8, 4) is 0 Å². The minimum absolute atomic E-state index is 0.154. The summed E-state index contributed by atoms with van der Waals surface area (Å²) in [4.78, 5) is 22.7. The second kappa shape index (κ2) is 11.2. The highest BCUT2D eigenvalue weighted by molar-refractivity contribution is 7.13. The molecule has 32 heavy (non-hydrogen) atoms. The molecule has 6 nitrogen and oxygen atoms in total. The lowest BCUT2D eigenvalue weighted by atomic mass is 10.1. The van der Waals surface area contributed by atoms with Gasteiger partial charge >= 0.3 is 0 Å². The van der Waals surface area contributed by atoms with Crippen LogP contribution in [-0.2, 0) is 6.54 Å². The van der Waals surface area contributed by atoms with Crippen LogP contribution in [-0.4, -0.2) is 33.5 Å². The first-order valence-electron chi connectivity index (χ1n) is 10.8. The second-order valence-corrected chi connectivity index (χ2v) is 8.45. The number of rotatable bonds is 5. The molecule has 164 valence electrons. The molecule has 1 saturated heterocycles. The first-order chi connectivity index (χ1) is 15.8. The van der Waals surface area contributed by atoms with E-state index in [1.165, 1.54) is 49.4 Å². The summed E-state index contributed by atoms with van der Waals surface area (Å²) in [6.45, 7) is 3.12. The van der Waals surface area contributed by atoms with Gasteiger partial charge in [-0.15, -0.1) is 11.3 Å². The Labute approximate surface area is 192 Å². The molecule has 4 aromatic rings. The third-order valence-corrected chi connectivity index (χ3v) is 5.98. The van der Waals surface area contributed by atoms with E-state index >= 15 is 0 Å². The molecule has 3 aromatic heterocycles. The first-order valence-corrected chi connectivity index (χ1v) is 11.7. The Morgan fingerprint density at radius 1 is 0.938 bits per heavy atom. The summed E-state index contributed by atoms with van der Waals surface area (Å²) in [6.07, 6.45) is 11.2. The molecule has 1 amide bonds. The molecule has 5 rings (SSSR count). The van der Waals surface area contributed by atoms with Gasteiger partial charge in [-0.3, -0.25) is 15.1 Å². The predicted octanol–water partition coefficient (Wildman–Crippen LogP) is 5.32. The van der Waals surface area contributed by atoms with Gasteiger partial charge in [-0.1, -0.05) is 18.2 Å². The van der Waals surface area contributed by atoms with Gasteiger partial charge in [0.15, 0.2) is 5.13 Å². The number of aromatic nitrogens is 3. The molecule has 1 aliphatic rings. The number of anilines is 2. The molecule has 0 bridgehead atoms. The Balaban J connectivity index is 0.000000174. The van der Waals surface area contributed by atoms with Crippen molar-refractivity contribution in [3.05, 3.63) is 96.0 Å². The second-order valence-electron chi connectivity index (χ2n) is 7.55. The molecular formula is C25H27N5OS. The van der Waals surface area contributed by atoms with E-state index in [0.29, 0.717) is 17.4 Å². The molecule has 1 fully saturated rings. The molecule has 1 aromatic carbocycles. The molecule has 0 atom stereocenters. The van der Waals surface area contributed by atoms with Crippen molar-refractivity contribution in [3.63, 3.8) is 0 Å². The van der Waals surface area contributed by atoms with Crippen molar-refractivity contribution in [2.45, 2.75) is 25.8 Å². The van der Waals surface area contributed by atoms with Gasteiger partial charge < -0.3 is 9.47 Å². The van der Waals surface area contributed by atoms with Crippen molar-refractivity contribution in [2.24, 2.45) is 0 Å². The van der Waals surface area contributed by atoms with E-state index in [1.54, 1.807) is 24.7 Å². The van der Waals surface area contributed by atoms with Gasteiger partial charge in [-0.05, 0) is 61.2 Å². The number of para-hydroxylation sites is 1. The van der Waals surface area contributed by atoms with E-state index in [1.807, 2.05) is 34.3 Å². The summed E-state index contributed by atoms with van der Waals surface area (Å²) in [7, 11) is 0. The summed E-state index contributed by atoms with van der Waals surface area (Å²) in [6, 6.07) is 18.2. The maximum Gasteiger partial charge on any atom is 0.274 e. The average Bonchev–Trinajstić information content (AvgIpc) is 3.54. The monoisotopic (exact) mass is 445 g/mol. The molecule has 7 heteroatoms. The minimum Gasteiger partial charge on any atom is -0.372 e. The first kappa shape index (κ1) is 21.8. The fourth-order valence-electron chi connectivity index (χ4n) is 3.68. The van der Waals surface area contributed by atoms with Crippen molar-refractivity contribution in [1.29, 1.82) is 0 Å². The summed E-state index contributed by atoms with van der Waals surface area (Å²) >= 11 is 1.40. The van der Waals surface area contributed by atoms with Crippen LogP contribution < -0.4 is 10.2 Å². The number of thiazole rings is 1. The Kier molecular flexibility index (Phi) is 7.65. The topological polar surface area (TPSA) is 63.1 Å². The molecule has 0 radical (unpaired) electrons. The number of carbonyl (C=O) groups is 1. The van der Waals surface area contributed by atoms with Gasteiger partial charge in [0.1, 0.15) is 5.69 Å². The van der Waals surface area contributed by atoms with Gasteiger partial charge in [0, 0.05) is 55.5 Å². The zero-order valence-corrected chi connectivity index (χ0v) is 18.7. The van der Waals surface area contributed by atoms with Gasteiger partial charge in [0.05, 0.1) is 0 Å². The summed E-state index contributed by atoms with van der Waals surface area (Å²) in [5, 5.41) is 5.21. The van der Waals surface area contributed by atoms with E-state index in [9.17, 15) is 4.79 Å². The predicted molar refractivity (Wildman–Crippen MR) is 130 cm³/mol. The van der Waals surface area contributed by atoms with E-state index < -0.39 is 0 Å². The van der Waals surface area contributed by atoms with Crippen LogP contribution >= 0.6 is 11.3 Å². The van der Waals surface area contributed by atoms with Crippen LogP contribution in [0, 0.1) is 0 Å². The van der Waals surface area contributed by atoms with E-state index in [0.717, 1.165) is 5.56 Å². The smallest absolute Gasteiger partial charge is 0.274 e. The number of amides is 1. The average molecular weight is 446 g/mol. The highest BCUT2D eigenvalue weighted by Gasteiger charge is 2.12. The third-order valence-electron chi connectivity index (χ3n) is 5.29. The maximum absolute atomic E-state index is 12.2. The van der Waals surface area contributed by atoms with Crippen LogP contribution in [0.2, 0.25) is 0 Å². The summed E-state index contributed by atoms with van der Waals surface area (Å²) < 4.78 is 1.90. The fourth-order valence-corrected chi connectivity index (χ4v) is 4.20. The van der Waals surface area contributed by atoms with Crippen LogP contribution in [0.3, 0.4) is 0 Å². The summed E-state index contributed by atoms with van der Waals surface area (Å²) in [5.74, 6) is -0.154. The minimum atomic E-state index is -0.154. The van der Waals surface area contributed by atoms with Crippen molar-refractivity contribution < 1.29 is 4.79 Å². The molecule has 0 aliphatic carbocycles. The lowest BCUT2D eigenvalue weighted by Crippen LogP contribution is -2.29. The van der Waals surface area contributed by atoms with Crippen LogP contribution in [0.15, 0.2) is 84.8 Å². The van der Waals surface area contributed by atoms with Gasteiger partial charge in [0.25, 0.3) is 5.91 Å². The number of piperidine rings is 1. The molecule has 1 aliphatic heterocycles. The highest BCUT2D eigenvalue weighted by Crippen LogP contribution is 2.18. The largest absolute Gasteiger partial charge is 0.372 e. The van der Waals surface area contributed by atoms with E-state index in [4.69, 9.17) is 0 Å². The lowest BCUT2D eigenvalue weighted by Gasteiger charge is -2.28. The fraction of sp³-hybridized carbons (Fsp3) is 0.240. The molecular weight excluding hydrogens is 418 g/mol. The zero-order valence-electron chi connectivity index (χ0n) is 17.9. The zero-order chi connectivity index (χ0) is 22.0. The normalized spacial score (nSPS) is 13.2. The highest BCUT2D eigenvalue weighted by atomic mass is 32.1. The number of hydrogen-bond donors (Lipinski definition) is 1. The Morgan fingerprint density at radius 3 is 2.44 bits per heavy atom. The van der Waals surface area contributed by atoms with Crippen LogP contribution in [0.1, 0.15) is 35.3 Å². The number of nitrogens with one attached hydrogen (secondary N) is 1. The lowest BCUT2D eigenvalue weighted by molar-refractivity contribution is 0.101.